The summed E-state index contributed by atoms with van der Waals surface area (Å²) in [5.41, 5.74) is 8.46. The molecule has 0 amide bonds. The average molecular weight is 331 g/mol. The van der Waals surface area contributed by atoms with Gasteiger partial charge < -0.3 is 5.73 Å². The van der Waals surface area contributed by atoms with Gasteiger partial charge in [-0.3, -0.25) is 0 Å². The Hall–Kier alpha value is -0.350. The highest BCUT2D eigenvalue weighted by Crippen LogP contribution is 2.33. The van der Waals surface area contributed by atoms with E-state index < -0.39 is 0 Å². The molecule has 2 rings (SSSR count). The first-order valence-corrected chi connectivity index (χ1v) is 7.24. The van der Waals surface area contributed by atoms with Crippen molar-refractivity contribution in [2.45, 2.75) is 19.9 Å². The minimum atomic E-state index is -0.109. The van der Waals surface area contributed by atoms with Crippen molar-refractivity contribution in [3.8, 4) is 0 Å². The highest BCUT2D eigenvalue weighted by molar-refractivity contribution is 9.10. The lowest BCUT2D eigenvalue weighted by Crippen LogP contribution is -2.10. The molecule has 1 aromatic carbocycles. The summed E-state index contributed by atoms with van der Waals surface area (Å²) in [7, 11) is 0. The third-order valence-corrected chi connectivity index (χ3v) is 5.04. The summed E-state index contributed by atoms with van der Waals surface area (Å²) < 4.78 is 1.12. The molecule has 4 heteroatoms. The standard InChI is InChI=1S/C13H13BrClNS/c1-7-3-9(5-10(15)4-7)13(16)12-6-11(14)8(2)17-12/h3-6,13H,16H2,1-2H3. The van der Waals surface area contributed by atoms with Crippen molar-refractivity contribution in [3.63, 3.8) is 0 Å². The number of rotatable bonds is 2. The molecular formula is C13H13BrClNS. The molecule has 0 aliphatic carbocycles. The third kappa shape index (κ3) is 2.91. The molecule has 1 atom stereocenters. The number of aryl methyl sites for hydroxylation is 2. The summed E-state index contributed by atoms with van der Waals surface area (Å²) in [6.45, 7) is 4.10. The van der Waals surface area contributed by atoms with Crippen LogP contribution in [0.3, 0.4) is 0 Å². The maximum atomic E-state index is 6.27. The third-order valence-electron chi connectivity index (χ3n) is 2.61. The van der Waals surface area contributed by atoms with E-state index in [9.17, 15) is 0 Å². The second-order valence-electron chi connectivity index (χ2n) is 4.09. The van der Waals surface area contributed by atoms with Gasteiger partial charge in [-0.05, 0) is 59.1 Å². The lowest BCUT2D eigenvalue weighted by atomic mass is 10.0. The SMILES string of the molecule is Cc1cc(Cl)cc(C(N)c2cc(Br)c(C)s2)c1. The first-order valence-electron chi connectivity index (χ1n) is 5.26. The Bertz CT molecular complexity index is 511. The summed E-state index contributed by atoms with van der Waals surface area (Å²) in [5.74, 6) is 0. The van der Waals surface area contributed by atoms with Gasteiger partial charge >= 0.3 is 0 Å². The molecule has 0 aliphatic heterocycles. The average Bonchev–Trinajstić information content (AvgIpc) is 2.57. The maximum absolute atomic E-state index is 6.27. The van der Waals surface area contributed by atoms with Crippen LogP contribution >= 0.6 is 38.9 Å². The highest BCUT2D eigenvalue weighted by Gasteiger charge is 2.14. The van der Waals surface area contributed by atoms with Crippen molar-refractivity contribution in [2.24, 2.45) is 5.73 Å². The molecule has 0 spiro atoms. The summed E-state index contributed by atoms with van der Waals surface area (Å²) >= 11 is 11.3. The smallest absolute Gasteiger partial charge is 0.0647 e. The van der Waals surface area contributed by atoms with Crippen LogP contribution in [0.1, 0.15) is 26.9 Å². The molecular weight excluding hydrogens is 318 g/mol. The number of hydrogen-bond donors (Lipinski definition) is 1. The van der Waals surface area contributed by atoms with E-state index >= 15 is 0 Å². The van der Waals surface area contributed by atoms with Gasteiger partial charge in [-0.25, -0.2) is 0 Å². The second kappa shape index (κ2) is 5.11. The Morgan fingerprint density at radius 3 is 2.47 bits per heavy atom. The molecule has 2 N–H and O–H groups in total. The van der Waals surface area contributed by atoms with Gasteiger partial charge in [-0.2, -0.15) is 0 Å². The molecule has 0 saturated carbocycles. The Balaban J connectivity index is 2.39. The Labute approximate surface area is 119 Å². The first kappa shape index (κ1) is 13.1. The van der Waals surface area contributed by atoms with Crippen LogP contribution in [0.15, 0.2) is 28.7 Å². The molecule has 2 aromatic rings. The molecule has 0 saturated heterocycles. The van der Waals surface area contributed by atoms with E-state index in [-0.39, 0.29) is 6.04 Å². The lowest BCUT2D eigenvalue weighted by Gasteiger charge is -2.11. The van der Waals surface area contributed by atoms with Gasteiger partial charge in [0.15, 0.2) is 0 Å². The van der Waals surface area contributed by atoms with Gasteiger partial charge in [0, 0.05) is 19.2 Å². The quantitative estimate of drug-likeness (QED) is 0.838. The van der Waals surface area contributed by atoms with Gasteiger partial charge in [0.25, 0.3) is 0 Å². The van der Waals surface area contributed by atoms with Crippen LogP contribution in [0.5, 0.6) is 0 Å². The van der Waals surface area contributed by atoms with Crippen LogP contribution in [0.2, 0.25) is 5.02 Å². The topological polar surface area (TPSA) is 26.0 Å². The van der Waals surface area contributed by atoms with Crippen molar-refractivity contribution in [1.82, 2.24) is 0 Å². The number of benzene rings is 1. The first-order chi connectivity index (χ1) is 7.97. The molecule has 0 fully saturated rings. The zero-order valence-corrected chi connectivity index (χ0v) is 12.8. The Morgan fingerprint density at radius 1 is 1.24 bits per heavy atom. The van der Waals surface area contributed by atoms with Crippen LogP contribution in [0.4, 0.5) is 0 Å². The van der Waals surface area contributed by atoms with E-state index in [1.165, 1.54) is 4.88 Å². The molecule has 90 valence electrons. The Kier molecular flexibility index (Phi) is 3.93. The fourth-order valence-corrected chi connectivity index (χ4v) is 3.63. The van der Waals surface area contributed by atoms with Crippen LogP contribution in [0.25, 0.3) is 0 Å². The number of halogens is 2. The van der Waals surface area contributed by atoms with Crippen molar-refractivity contribution in [1.29, 1.82) is 0 Å². The minimum absolute atomic E-state index is 0.109. The summed E-state index contributed by atoms with van der Waals surface area (Å²) in [5, 5.41) is 0.739. The molecule has 0 aliphatic rings. The molecule has 17 heavy (non-hydrogen) atoms. The van der Waals surface area contributed by atoms with Gasteiger partial charge in [0.2, 0.25) is 0 Å². The predicted molar refractivity (Wildman–Crippen MR) is 79.0 cm³/mol. The normalized spacial score (nSPS) is 12.8. The fourth-order valence-electron chi connectivity index (χ4n) is 1.74. The number of nitrogens with two attached hydrogens (primary N) is 1. The lowest BCUT2D eigenvalue weighted by molar-refractivity contribution is 0.891. The van der Waals surface area contributed by atoms with Crippen LogP contribution < -0.4 is 5.73 Å². The van der Waals surface area contributed by atoms with E-state index in [1.54, 1.807) is 11.3 Å². The van der Waals surface area contributed by atoms with Crippen molar-refractivity contribution in [3.05, 3.63) is 54.6 Å². The van der Waals surface area contributed by atoms with E-state index in [4.69, 9.17) is 17.3 Å². The van der Waals surface area contributed by atoms with Crippen molar-refractivity contribution in [2.75, 3.05) is 0 Å². The summed E-state index contributed by atoms with van der Waals surface area (Å²) in [6.07, 6.45) is 0. The summed E-state index contributed by atoms with van der Waals surface area (Å²) in [6, 6.07) is 7.93. The monoisotopic (exact) mass is 329 g/mol. The van der Waals surface area contributed by atoms with E-state index in [1.807, 2.05) is 19.1 Å². The van der Waals surface area contributed by atoms with E-state index in [0.29, 0.717) is 0 Å². The van der Waals surface area contributed by atoms with E-state index in [0.717, 1.165) is 25.5 Å². The van der Waals surface area contributed by atoms with Gasteiger partial charge in [0.05, 0.1) is 6.04 Å². The van der Waals surface area contributed by atoms with E-state index in [2.05, 4.69) is 35.0 Å². The molecule has 0 bridgehead atoms. The van der Waals surface area contributed by atoms with Crippen LogP contribution in [-0.2, 0) is 0 Å². The highest BCUT2D eigenvalue weighted by atomic mass is 79.9. The minimum Gasteiger partial charge on any atom is -0.320 e. The van der Waals surface area contributed by atoms with Gasteiger partial charge in [-0.1, -0.05) is 17.7 Å². The number of thiophene rings is 1. The Morgan fingerprint density at radius 2 is 1.94 bits per heavy atom. The second-order valence-corrected chi connectivity index (χ2v) is 6.67. The molecule has 1 heterocycles. The maximum Gasteiger partial charge on any atom is 0.0647 e. The summed E-state index contributed by atoms with van der Waals surface area (Å²) in [4.78, 5) is 2.39. The fraction of sp³-hybridized carbons (Fsp3) is 0.231. The largest absolute Gasteiger partial charge is 0.320 e. The van der Waals surface area contributed by atoms with Crippen LogP contribution in [-0.4, -0.2) is 0 Å². The van der Waals surface area contributed by atoms with Crippen molar-refractivity contribution >= 4 is 38.9 Å². The number of hydrogen-bond acceptors (Lipinski definition) is 2. The van der Waals surface area contributed by atoms with Crippen molar-refractivity contribution < 1.29 is 0 Å². The van der Waals surface area contributed by atoms with Gasteiger partial charge in [0.1, 0.15) is 0 Å². The molecule has 1 unspecified atom stereocenters. The molecule has 0 radical (unpaired) electrons. The molecule has 1 nitrogen and oxygen atoms in total. The van der Waals surface area contributed by atoms with Crippen LogP contribution in [0, 0.1) is 13.8 Å². The molecule has 1 aromatic heterocycles. The predicted octanol–water partition coefficient (Wildman–Crippen LogP) is 4.83. The van der Waals surface area contributed by atoms with Gasteiger partial charge in [-0.15, -0.1) is 11.3 Å². The zero-order valence-electron chi connectivity index (χ0n) is 9.63. The zero-order chi connectivity index (χ0) is 12.6.